The minimum absolute atomic E-state index is 0.113. The first-order chi connectivity index (χ1) is 13.9. The van der Waals surface area contributed by atoms with Crippen molar-refractivity contribution in [2.75, 3.05) is 10.6 Å². The van der Waals surface area contributed by atoms with E-state index in [2.05, 4.69) is 10.6 Å². The van der Waals surface area contributed by atoms with E-state index in [1.807, 2.05) is 6.07 Å². The quantitative estimate of drug-likeness (QED) is 0.487. The third kappa shape index (κ3) is 4.30. The van der Waals surface area contributed by atoms with E-state index in [4.69, 9.17) is 0 Å². The van der Waals surface area contributed by atoms with Gasteiger partial charge >= 0.3 is 0 Å². The second-order valence-corrected chi connectivity index (χ2v) is 6.46. The Balaban J connectivity index is 1.83. The molecule has 3 aromatic carbocycles. The molecule has 0 saturated carbocycles. The van der Waals surface area contributed by atoms with Crippen molar-refractivity contribution in [1.82, 2.24) is 0 Å². The third-order valence-electron chi connectivity index (χ3n) is 4.61. The fourth-order valence-electron chi connectivity index (χ4n) is 2.95. The van der Waals surface area contributed by atoms with E-state index in [0.29, 0.717) is 28.1 Å². The molecule has 3 aromatic rings. The summed E-state index contributed by atoms with van der Waals surface area (Å²) in [5, 5.41) is 16.7. The number of nitro benzene ring substituents is 1. The number of carbonyl (C=O) groups is 2. The number of benzene rings is 3. The molecular weight excluding hydrogens is 370 g/mol. The number of rotatable bonds is 5. The van der Waals surface area contributed by atoms with Gasteiger partial charge in [-0.2, -0.15) is 0 Å². The molecule has 0 bridgehead atoms. The number of hydrogen-bond acceptors (Lipinski definition) is 4. The Kier molecular flexibility index (Phi) is 5.69. The summed E-state index contributed by atoms with van der Waals surface area (Å²) in [6.07, 6.45) is 0. The molecule has 0 unspecified atom stereocenters. The van der Waals surface area contributed by atoms with Gasteiger partial charge in [0.25, 0.3) is 17.5 Å². The van der Waals surface area contributed by atoms with Crippen LogP contribution in [0.1, 0.15) is 31.8 Å². The average molecular weight is 389 g/mol. The predicted molar refractivity (Wildman–Crippen MR) is 111 cm³/mol. The summed E-state index contributed by atoms with van der Waals surface area (Å²) in [5.41, 5.74) is 2.66. The Labute approximate surface area is 167 Å². The van der Waals surface area contributed by atoms with Crippen molar-refractivity contribution >= 4 is 28.9 Å². The maximum absolute atomic E-state index is 12.7. The zero-order valence-electron chi connectivity index (χ0n) is 15.9. The van der Waals surface area contributed by atoms with Crippen molar-refractivity contribution in [2.45, 2.75) is 13.8 Å². The molecule has 2 N–H and O–H groups in total. The normalized spacial score (nSPS) is 10.3. The SMILES string of the molecule is Cc1c(NC(=O)c2ccccc2)cccc1NC(=O)c1cccc([N+](=O)[O-])c1C. The zero-order valence-corrected chi connectivity index (χ0v) is 15.9. The number of nitrogens with one attached hydrogen (secondary N) is 2. The summed E-state index contributed by atoms with van der Waals surface area (Å²) in [6.45, 7) is 3.31. The summed E-state index contributed by atoms with van der Waals surface area (Å²) >= 11 is 0. The molecule has 0 radical (unpaired) electrons. The average Bonchev–Trinajstić information content (AvgIpc) is 2.71. The van der Waals surface area contributed by atoms with E-state index in [-0.39, 0.29) is 17.2 Å². The first-order valence-electron chi connectivity index (χ1n) is 8.90. The first kappa shape index (κ1) is 19.8. The first-order valence-corrected chi connectivity index (χ1v) is 8.90. The summed E-state index contributed by atoms with van der Waals surface area (Å²) in [6, 6.07) is 18.3. The smallest absolute Gasteiger partial charge is 0.273 e. The van der Waals surface area contributed by atoms with E-state index >= 15 is 0 Å². The van der Waals surface area contributed by atoms with Crippen molar-refractivity contribution in [3.05, 3.63) is 99.1 Å². The number of hydrogen-bond donors (Lipinski definition) is 2. The summed E-state index contributed by atoms with van der Waals surface area (Å²) < 4.78 is 0. The van der Waals surface area contributed by atoms with Crippen LogP contribution in [-0.4, -0.2) is 16.7 Å². The molecule has 0 heterocycles. The lowest BCUT2D eigenvalue weighted by Crippen LogP contribution is -2.16. The lowest BCUT2D eigenvalue weighted by Gasteiger charge is -2.14. The number of amides is 2. The van der Waals surface area contributed by atoms with Gasteiger partial charge in [0.15, 0.2) is 0 Å². The number of carbonyl (C=O) groups excluding carboxylic acids is 2. The van der Waals surface area contributed by atoms with Crippen molar-refractivity contribution in [3.63, 3.8) is 0 Å². The van der Waals surface area contributed by atoms with Gasteiger partial charge in [-0.1, -0.05) is 30.3 Å². The van der Waals surface area contributed by atoms with Crippen LogP contribution in [0.15, 0.2) is 66.7 Å². The van der Waals surface area contributed by atoms with Gasteiger partial charge < -0.3 is 10.6 Å². The van der Waals surface area contributed by atoms with Gasteiger partial charge in [-0.25, -0.2) is 0 Å². The van der Waals surface area contributed by atoms with E-state index in [0.717, 1.165) is 0 Å². The molecule has 0 aliphatic carbocycles. The van der Waals surface area contributed by atoms with Gasteiger partial charge in [-0.05, 0) is 49.7 Å². The van der Waals surface area contributed by atoms with Crippen LogP contribution in [0.25, 0.3) is 0 Å². The summed E-state index contributed by atoms with van der Waals surface area (Å²) in [4.78, 5) is 35.7. The molecule has 3 rings (SSSR count). The van der Waals surface area contributed by atoms with Crippen LogP contribution >= 0.6 is 0 Å². The second-order valence-electron chi connectivity index (χ2n) is 6.46. The minimum atomic E-state index is -0.517. The van der Waals surface area contributed by atoms with Gasteiger partial charge in [0.1, 0.15) is 0 Å². The highest BCUT2D eigenvalue weighted by Gasteiger charge is 2.19. The molecule has 7 heteroatoms. The maximum Gasteiger partial charge on any atom is 0.273 e. The lowest BCUT2D eigenvalue weighted by atomic mass is 10.1. The van der Waals surface area contributed by atoms with E-state index in [9.17, 15) is 19.7 Å². The summed E-state index contributed by atoms with van der Waals surface area (Å²) in [5.74, 6) is -0.715. The number of nitrogens with zero attached hydrogens (tertiary/aromatic N) is 1. The molecule has 2 amide bonds. The molecule has 0 aliphatic rings. The number of anilines is 2. The van der Waals surface area contributed by atoms with Gasteiger partial charge in [0.05, 0.1) is 4.92 Å². The highest BCUT2D eigenvalue weighted by molar-refractivity contribution is 6.08. The molecule has 0 aliphatic heterocycles. The van der Waals surface area contributed by atoms with Crippen LogP contribution in [0, 0.1) is 24.0 Å². The Morgan fingerprint density at radius 1 is 0.759 bits per heavy atom. The van der Waals surface area contributed by atoms with Crippen molar-refractivity contribution < 1.29 is 14.5 Å². The topological polar surface area (TPSA) is 101 Å². The van der Waals surface area contributed by atoms with Crippen LogP contribution in [0.4, 0.5) is 17.1 Å². The molecule has 0 spiro atoms. The standard InChI is InChI=1S/C22H19N3O4/c1-14-17(10-6-13-20(14)25(28)29)22(27)24-19-12-7-11-18(15(19)2)23-21(26)16-8-4-3-5-9-16/h3-13H,1-2H3,(H,23,26)(H,24,27). The van der Waals surface area contributed by atoms with Gasteiger partial charge in [-0.15, -0.1) is 0 Å². The van der Waals surface area contributed by atoms with Gasteiger partial charge in [0, 0.05) is 34.1 Å². The van der Waals surface area contributed by atoms with Gasteiger partial charge in [-0.3, -0.25) is 19.7 Å². The van der Waals surface area contributed by atoms with Crippen molar-refractivity contribution in [3.8, 4) is 0 Å². The highest BCUT2D eigenvalue weighted by Crippen LogP contribution is 2.26. The zero-order chi connectivity index (χ0) is 21.0. The monoisotopic (exact) mass is 389 g/mol. The molecule has 7 nitrogen and oxygen atoms in total. The second kappa shape index (κ2) is 8.35. The summed E-state index contributed by atoms with van der Waals surface area (Å²) in [7, 11) is 0. The van der Waals surface area contributed by atoms with Crippen LogP contribution in [0.5, 0.6) is 0 Å². The fraction of sp³-hybridized carbons (Fsp3) is 0.0909. The van der Waals surface area contributed by atoms with Crippen LogP contribution in [-0.2, 0) is 0 Å². The minimum Gasteiger partial charge on any atom is -0.322 e. The highest BCUT2D eigenvalue weighted by atomic mass is 16.6. The van der Waals surface area contributed by atoms with E-state index < -0.39 is 10.8 Å². The largest absolute Gasteiger partial charge is 0.322 e. The number of nitro groups is 1. The predicted octanol–water partition coefficient (Wildman–Crippen LogP) is 4.72. The Morgan fingerprint density at radius 2 is 1.34 bits per heavy atom. The van der Waals surface area contributed by atoms with Gasteiger partial charge in [0.2, 0.25) is 0 Å². The molecule has 29 heavy (non-hydrogen) atoms. The van der Waals surface area contributed by atoms with Crippen LogP contribution < -0.4 is 10.6 Å². The maximum atomic E-state index is 12.7. The Bertz CT molecular complexity index is 1090. The third-order valence-corrected chi connectivity index (χ3v) is 4.61. The van der Waals surface area contributed by atoms with Crippen molar-refractivity contribution in [2.24, 2.45) is 0 Å². The van der Waals surface area contributed by atoms with Crippen LogP contribution in [0.3, 0.4) is 0 Å². The molecule has 0 fully saturated rings. The molecule has 0 saturated heterocycles. The molecule has 0 aromatic heterocycles. The molecule has 0 atom stereocenters. The Hall–Kier alpha value is -4.00. The lowest BCUT2D eigenvalue weighted by molar-refractivity contribution is -0.385. The van der Waals surface area contributed by atoms with Crippen molar-refractivity contribution in [1.29, 1.82) is 0 Å². The molecular formula is C22H19N3O4. The Morgan fingerprint density at radius 3 is 1.97 bits per heavy atom. The van der Waals surface area contributed by atoms with E-state index in [1.165, 1.54) is 25.1 Å². The van der Waals surface area contributed by atoms with E-state index in [1.54, 1.807) is 49.4 Å². The fourth-order valence-corrected chi connectivity index (χ4v) is 2.95. The van der Waals surface area contributed by atoms with Crippen LogP contribution in [0.2, 0.25) is 0 Å². The molecule has 146 valence electrons.